The van der Waals surface area contributed by atoms with Gasteiger partial charge in [0.2, 0.25) is 0 Å². The highest BCUT2D eigenvalue weighted by Gasteiger charge is 2.30. The minimum absolute atomic E-state index is 0.00801. The molecule has 1 aromatic carbocycles. The molecule has 2 aliphatic rings. The Hall–Kier alpha value is -2.47. The lowest BCUT2D eigenvalue weighted by molar-refractivity contribution is -0.122. The number of carbonyl (C=O) groups excluding carboxylic acids is 1. The molecule has 0 unspecified atom stereocenters. The molecular weight excluding hydrogens is 336 g/mol. The van der Waals surface area contributed by atoms with Crippen molar-refractivity contribution in [2.24, 2.45) is 4.99 Å². The van der Waals surface area contributed by atoms with Crippen LogP contribution in [0.1, 0.15) is 44.4 Å². The zero-order chi connectivity index (χ0) is 17.4. The number of thiophene rings is 1. The minimum Gasteiger partial charge on any atom is -0.478 e. The van der Waals surface area contributed by atoms with E-state index in [9.17, 15) is 9.59 Å². The Labute approximate surface area is 149 Å². The van der Waals surface area contributed by atoms with Crippen LogP contribution in [-0.2, 0) is 11.2 Å². The third kappa shape index (κ3) is 3.35. The number of carboxylic acid groups (broad SMARTS) is 1. The van der Waals surface area contributed by atoms with Crippen LogP contribution in [0.2, 0.25) is 0 Å². The summed E-state index contributed by atoms with van der Waals surface area (Å²) >= 11 is 1.69. The van der Waals surface area contributed by atoms with Crippen LogP contribution < -0.4 is 0 Å². The molecule has 25 heavy (non-hydrogen) atoms. The summed E-state index contributed by atoms with van der Waals surface area (Å²) in [6.07, 6.45) is 3.20. The van der Waals surface area contributed by atoms with E-state index in [0.717, 1.165) is 10.4 Å². The lowest BCUT2D eigenvalue weighted by Crippen LogP contribution is -2.32. The van der Waals surface area contributed by atoms with Gasteiger partial charge in [-0.15, -0.1) is 11.3 Å². The highest BCUT2D eigenvalue weighted by molar-refractivity contribution is 7.15. The summed E-state index contributed by atoms with van der Waals surface area (Å²) in [6.45, 7) is 0.983. The third-order valence-electron chi connectivity index (χ3n) is 4.60. The van der Waals surface area contributed by atoms with Gasteiger partial charge in [-0.1, -0.05) is 12.1 Å². The van der Waals surface area contributed by atoms with Gasteiger partial charge in [-0.2, -0.15) is 0 Å². The summed E-state index contributed by atoms with van der Waals surface area (Å²) in [5, 5.41) is 8.92. The SMILES string of the molecule is O=C(O)c1ccc(CCN2CN=C(c3ccc(C4CC4)s3)C2=O)cc1. The number of aliphatic imine (C=N–C) groups is 1. The van der Waals surface area contributed by atoms with Crippen molar-refractivity contribution in [1.29, 1.82) is 0 Å². The Kier molecular flexibility index (Phi) is 4.13. The average Bonchev–Trinajstić information content (AvgIpc) is 3.24. The first-order valence-electron chi connectivity index (χ1n) is 8.38. The van der Waals surface area contributed by atoms with Crippen LogP contribution in [0.3, 0.4) is 0 Å². The number of aromatic carboxylic acids is 1. The maximum atomic E-state index is 12.6. The lowest BCUT2D eigenvalue weighted by atomic mass is 10.1. The largest absolute Gasteiger partial charge is 0.478 e. The molecule has 1 aliphatic heterocycles. The molecule has 2 aromatic rings. The van der Waals surface area contributed by atoms with Gasteiger partial charge in [-0.3, -0.25) is 9.79 Å². The van der Waals surface area contributed by atoms with Crippen molar-refractivity contribution in [1.82, 2.24) is 4.90 Å². The van der Waals surface area contributed by atoms with Crippen molar-refractivity contribution < 1.29 is 14.7 Å². The van der Waals surface area contributed by atoms with Crippen molar-refractivity contribution in [3.8, 4) is 0 Å². The van der Waals surface area contributed by atoms with E-state index >= 15 is 0 Å². The van der Waals surface area contributed by atoms with Gasteiger partial charge in [0, 0.05) is 11.4 Å². The Morgan fingerprint density at radius 2 is 1.96 bits per heavy atom. The molecule has 1 N–H and O–H groups in total. The first-order chi connectivity index (χ1) is 12.1. The molecule has 128 valence electrons. The summed E-state index contributed by atoms with van der Waals surface area (Å²) in [5.74, 6) is -0.243. The Balaban J connectivity index is 1.36. The molecule has 1 fully saturated rings. The zero-order valence-electron chi connectivity index (χ0n) is 13.6. The van der Waals surface area contributed by atoms with Gasteiger partial charge in [-0.05, 0) is 55.0 Å². The number of hydrogen-bond acceptors (Lipinski definition) is 4. The molecular formula is C19H18N2O3S. The molecule has 0 atom stereocenters. The number of carboxylic acids is 1. The second-order valence-corrected chi connectivity index (χ2v) is 7.56. The molecule has 1 saturated carbocycles. The predicted octanol–water partition coefficient (Wildman–Crippen LogP) is 3.16. The van der Waals surface area contributed by atoms with E-state index in [0.29, 0.717) is 31.3 Å². The first kappa shape index (κ1) is 16.0. The van der Waals surface area contributed by atoms with Gasteiger partial charge < -0.3 is 10.0 Å². The average molecular weight is 354 g/mol. The van der Waals surface area contributed by atoms with E-state index in [4.69, 9.17) is 5.11 Å². The predicted molar refractivity (Wildman–Crippen MR) is 96.5 cm³/mol. The van der Waals surface area contributed by atoms with Crippen LogP contribution in [0.25, 0.3) is 0 Å². The van der Waals surface area contributed by atoms with Crippen LogP contribution in [0.15, 0.2) is 41.4 Å². The van der Waals surface area contributed by atoms with E-state index < -0.39 is 5.97 Å². The molecule has 0 bridgehead atoms. The lowest BCUT2D eigenvalue weighted by Gasteiger charge is -2.14. The number of hydrogen-bond donors (Lipinski definition) is 1. The van der Waals surface area contributed by atoms with Crippen LogP contribution in [0, 0.1) is 0 Å². The maximum Gasteiger partial charge on any atom is 0.335 e. The quantitative estimate of drug-likeness (QED) is 0.866. The third-order valence-corrected chi connectivity index (χ3v) is 5.85. The Morgan fingerprint density at radius 1 is 1.20 bits per heavy atom. The molecule has 1 aromatic heterocycles. The van der Waals surface area contributed by atoms with Gasteiger partial charge in [0.05, 0.1) is 10.4 Å². The van der Waals surface area contributed by atoms with E-state index in [1.54, 1.807) is 40.5 Å². The fourth-order valence-corrected chi connectivity index (χ4v) is 4.12. The van der Waals surface area contributed by atoms with Crippen LogP contribution in [0.4, 0.5) is 0 Å². The van der Waals surface area contributed by atoms with Gasteiger partial charge in [-0.25, -0.2) is 4.79 Å². The van der Waals surface area contributed by atoms with Crippen LogP contribution in [-0.4, -0.2) is 40.8 Å². The number of carbonyl (C=O) groups is 2. The molecule has 4 rings (SSSR count). The molecule has 0 spiro atoms. The van der Waals surface area contributed by atoms with Crippen molar-refractivity contribution in [3.05, 3.63) is 57.3 Å². The number of nitrogens with zero attached hydrogens (tertiary/aromatic N) is 2. The fraction of sp³-hybridized carbons (Fsp3) is 0.316. The van der Waals surface area contributed by atoms with Gasteiger partial charge >= 0.3 is 5.97 Å². The van der Waals surface area contributed by atoms with E-state index in [2.05, 4.69) is 11.1 Å². The summed E-state index contributed by atoms with van der Waals surface area (Å²) in [7, 11) is 0. The molecule has 1 amide bonds. The topological polar surface area (TPSA) is 70.0 Å². The maximum absolute atomic E-state index is 12.6. The van der Waals surface area contributed by atoms with Crippen molar-refractivity contribution in [3.63, 3.8) is 0 Å². The zero-order valence-corrected chi connectivity index (χ0v) is 14.5. The van der Waals surface area contributed by atoms with Gasteiger partial charge in [0.15, 0.2) is 0 Å². The smallest absolute Gasteiger partial charge is 0.335 e. The highest BCUT2D eigenvalue weighted by Crippen LogP contribution is 2.43. The summed E-state index contributed by atoms with van der Waals surface area (Å²) < 4.78 is 0. The number of rotatable bonds is 6. The van der Waals surface area contributed by atoms with E-state index in [1.165, 1.54) is 17.7 Å². The van der Waals surface area contributed by atoms with Crippen molar-refractivity contribution in [2.75, 3.05) is 13.2 Å². The number of benzene rings is 1. The normalized spacial score (nSPS) is 17.0. The van der Waals surface area contributed by atoms with Crippen molar-refractivity contribution >= 4 is 28.9 Å². The van der Waals surface area contributed by atoms with E-state index in [1.807, 2.05) is 6.07 Å². The molecule has 1 aliphatic carbocycles. The Morgan fingerprint density at radius 3 is 2.64 bits per heavy atom. The van der Waals surface area contributed by atoms with Crippen LogP contribution in [0.5, 0.6) is 0 Å². The molecule has 0 saturated heterocycles. The van der Waals surface area contributed by atoms with Crippen molar-refractivity contribution in [2.45, 2.75) is 25.2 Å². The second kappa shape index (κ2) is 6.44. The minimum atomic E-state index is -0.930. The molecule has 5 nitrogen and oxygen atoms in total. The van der Waals surface area contributed by atoms with E-state index in [-0.39, 0.29) is 11.5 Å². The van der Waals surface area contributed by atoms with Crippen LogP contribution >= 0.6 is 11.3 Å². The monoisotopic (exact) mass is 354 g/mol. The molecule has 0 radical (unpaired) electrons. The fourth-order valence-electron chi connectivity index (χ4n) is 2.94. The van der Waals surface area contributed by atoms with Gasteiger partial charge in [0.25, 0.3) is 5.91 Å². The summed E-state index contributed by atoms with van der Waals surface area (Å²) in [6, 6.07) is 10.9. The summed E-state index contributed by atoms with van der Waals surface area (Å²) in [5.41, 5.74) is 1.87. The van der Waals surface area contributed by atoms with Gasteiger partial charge in [0.1, 0.15) is 12.4 Å². The Bertz CT molecular complexity index is 850. The highest BCUT2D eigenvalue weighted by atomic mass is 32.1. The standard InChI is InChI=1S/C19H18N2O3S/c22-18-17(16-8-7-15(25-16)13-5-6-13)20-11-21(18)10-9-12-1-3-14(4-2-12)19(23)24/h1-4,7-8,13H,5-6,9-11H2,(H,23,24). The second-order valence-electron chi connectivity index (χ2n) is 6.45. The molecule has 6 heteroatoms. The summed E-state index contributed by atoms with van der Waals surface area (Å²) in [4.78, 5) is 32.0. The first-order valence-corrected chi connectivity index (χ1v) is 9.19. The molecule has 2 heterocycles. The number of amides is 1.